The molecule has 0 aromatic carbocycles. The van der Waals surface area contributed by atoms with Crippen LogP contribution in [0.5, 0.6) is 0 Å². The van der Waals surface area contributed by atoms with Gasteiger partial charge >= 0.3 is 15.2 Å². The molecular formula is C3H12N2O6P2. The molecule has 80 valence electrons. The molecule has 0 radical (unpaired) electrons. The second-order valence-electron chi connectivity index (χ2n) is 2.26. The standard InChI is InChI=1S/C3H12N2O6P2/c1-4-3(5-2,12(6,7)8)13(9,10)11/h4-5H,1-2H3,(H2,6,7,8)(H2,9,10,11). The average molecular weight is 234 g/mol. The Hall–Kier alpha value is 0.220. The number of rotatable bonds is 4. The Bertz CT molecular complexity index is 239. The van der Waals surface area contributed by atoms with E-state index in [9.17, 15) is 9.13 Å². The van der Waals surface area contributed by atoms with Crippen LogP contribution >= 0.6 is 15.2 Å². The molecular weight excluding hydrogens is 222 g/mol. The van der Waals surface area contributed by atoms with Crippen molar-refractivity contribution in [3.63, 3.8) is 0 Å². The van der Waals surface area contributed by atoms with Crippen molar-refractivity contribution < 1.29 is 28.7 Å². The van der Waals surface area contributed by atoms with E-state index in [1.807, 2.05) is 10.6 Å². The molecule has 0 saturated heterocycles. The molecule has 0 unspecified atom stereocenters. The van der Waals surface area contributed by atoms with E-state index in [0.717, 1.165) is 14.1 Å². The SMILES string of the molecule is CNC(NC)(P(=O)(O)O)P(=O)(O)O. The van der Waals surface area contributed by atoms with Gasteiger partial charge in [-0.2, -0.15) is 0 Å². The lowest BCUT2D eigenvalue weighted by Gasteiger charge is -2.33. The minimum Gasteiger partial charge on any atom is -0.322 e. The van der Waals surface area contributed by atoms with Crippen molar-refractivity contribution in [3.05, 3.63) is 0 Å². The van der Waals surface area contributed by atoms with Crippen LogP contribution in [0.3, 0.4) is 0 Å². The lowest BCUT2D eigenvalue weighted by molar-refractivity contribution is 0.278. The second kappa shape index (κ2) is 3.76. The molecule has 0 aliphatic carbocycles. The zero-order chi connectivity index (χ0) is 10.9. The van der Waals surface area contributed by atoms with Crippen molar-refractivity contribution in [1.82, 2.24) is 10.6 Å². The molecule has 8 nitrogen and oxygen atoms in total. The van der Waals surface area contributed by atoms with E-state index in [1.165, 1.54) is 0 Å². The summed E-state index contributed by atoms with van der Waals surface area (Å²) in [6.45, 7) is 0. The Morgan fingerprint density at radius 2 is 1.15 bits per heavy atom. The van der Waals surface area contributed by atoms with Gasteiger partial charge in [0.2, 0.25) is 0 Å². The highest BCUT2D eigenvalue weighted by atomic mass is 31.2. The van der Waals surface area contributed by atoms with Gasteiger partial charge in [0, 0.05) is 0 Å². The molecule has 0 rings (SSSR count). The first-order chi connectivity index (χ1) is 5.62. The van der Waals surface area contributed by atoms with E-state index in [0.29, 0.717) is 0 Å². The summed E-state index contributed by atoms with van der Waals surface area (Å²) in [6.07, 6.45) is 0. The van der Waals surface area contributed by atoms with Crippen molar-refractivity contribution in [2.75, 3.05) is 14.1 Å². The van der Waals surface area contributed by atoms with Gasteiger partial charge in [0.15, 0.2) is 0 Å². The summed E-state index contributed by atoms with van der Waals surface area (Å²) >= 11 is 0. The van der Waals surface area contributed by atoms with E-state index in [1.54, 1.807) is 0 Å². The van der Waals surface area contributed by atoms with Gasteiger partial charge < -0.3 is 19.6 Å². The largest absolute Gasteiger partial charge is 0.372 e. The van der Waals surface area contributed by atoms with Gasteiger partial charge in [0.1, 0.15) is 0 Å². The Morgan fingerprint density at radius 1 is 0.923 bits per heavy atom. The van der Waals surface area contributed by atoms with Crippen LogP contribution in [0, 0.1) is 0 Å². The zero-order valence-electron chi connectivity index (χ0n) is 7.00. The second-order valence-corrected chi connectivity index (χ2v) is 6.13. The van der Waals surface area contributed by atoms with Crippen LogP contribution in [0.1, 0.15) is 0 Å². The third-order valence-corrected chi connectivity index (χ3v) is 5.68. The highest BCUT2D eigenvalue weighted by Gasteiger charge is 2.58. The Morgan fingerprint density at radius 3 is 1.15 bits per heavy atom. The summed E-state index contributed by atoms with van der Waals surface area (Å²) in [4.78, 5) is 35.0. The fourth-order valence-corrected chi connectivity index (χ4v) is 3.40. The van der Waals surface area contributed by atoms with E-state index in [2.05, 4.69) is 0 Å². The molecule has 0 heterocycles. The van der Waals surface area contributed by atoms with Crippen molar-refractivity contribution in [2.45, 2.75) is 5.15 Å². The Balaban J connectivity index is 5.45. The molecule has 0 fully saturated rings. The number of nitrogens with one attached hydrogen (secondary N) is 2. The van der Waals surface area contributed by atoms with Gasteiger partial charge in [-0.05, 0) is 14.1 Å². The first-order valence-electron chi connectivity index (χ1n) is 3.11. The Kier molecular flexibility index (Phi) is 3.83. The van der Waals surface area contributed by atoms with Gasteiger partial charge in [-0.15, -0.1) is 0 Å². The maximum atomic E-state index is 10.8. The van der Waals surface area contributed by atoms with Crippen LogP contribution in [0.25, 0.3) is 0 Å². The van der Waals surface area contributed by atoms with Crippen molar-refractivity contribution in [3.8, 4) is 0 Å². The van der Waals surface area contributed by atoms with Gasteiger partial charge in [0.05, 0.1) is 0 Å². The topological polar surface area (TPSA) is 139 Å². The van der Waals surface area contributed by atoms with E-state index in [-0.39, 0.29) is 0 Å². The molecule has 6 N–H and O–H groups in total. The van der Waals surface area contributed by atoms with Crippen LogP contribution in [0.4, 0.5) is 0 Å². The van der Waals surface area contributed by atoms with Gasteiger partial charge in [0.25, 0.3) is 5.15 Å². The van der Waals surface area contributed by atoms with Gasteiger partial charge in [-0.25, -0.2) is 0 Å². The van der Waals surface area contributed by atoms with Crippen molar-refractivity contribution in [1.29, 1.82) is 0 Å². The predicted octanol–water partition coefficient (Wildman–Crippen LogP) is -1.61. The lowest BCUT2D eigenvalue weighted by atomic mass is 11.0. The third-order valence-electron chi connectivity index (χ3n) is 1.54. The average Bonchev–Trinajstić information content (AvgIpc) is 1.84. The van der Waals surface area contributed by atoms with Crippen LogP contribution in [0.2, 0.25) is 0 Å². The molecule has 0 saturated carbocycles. The molecule has 0 aliphatic heterocycles. The first-order valence-corrected chi connectivity index (χ1v) is 6.34. The van der Waals surface area contributed by atoms with E-state index in [4.69, 9.17) is 19.6 Å². The summed E-state index contributed by atoms with van der Waals surface area (Å²) < 4.78 is 21.7. The molecule has 0 atom stereocenters. The molecule has 0 spiro atoms. The minimum absolute atomic E-state index is 1.04. The Labute approximate surface area is 74.7 Å². The smallest absolute Gasteiger partial charge is 0.322 e. The fraction of sp³-hybridized carbons (Fsp3) is 1.00. The van der Waals surface area contributed by atoms with Crippen molar-refractivity contribution >= 4 is 15.2 Å². The molecule has 13 heavy (non-hydrogen) atoms. The molecule has 10 heteroatoms. The monoisotopic (exact) mass is 234 g/mol. The van der Waals surface area contributed by atoms with Gasteiger partial charge in [-0.1, -0.05) is 0 Å². The summed E-state index contributed by atoms with van der Waals surface area (Å²) in [5.41, 5.74) is 0. The maximum Gasteiger partial charge on any atom is 0.372 e. The predicted molar refractivity (Wildman–Crippen MR) is 44.9 cm³/mol. The van der Waals surface area contributed by atoms with Crippen LogP contribution in [-0.4, -0.2) is 38.8 Å². The number of hydrogen-bond donors (Lipinski definition) is 6. The highest BCUT2D eigenvalue weighted by Crippen LogP contribution is 2.65. The van der Waals surface area contributed by atoms with Crippen LogP contribution < -0.4 is 10.6 Å². The summed E-state index contributed by atoms with van der Waals surface area (Å²) in [6, 6.07) is 0. The summed E-state index contributed by atoms with van der Waals surface area (Å²) in [5, 5.41) is 1.11. The summed E-state index contributed by atoms with van der Waals surface area (Å²) in [5.74, 6) is 0. The third kappa shape index (κ3) is 2.18. The number of hydrogen-bond acceptors (Lipinski definition) is 4. The van der Waals surface area contributed by atoms with Crippen molar-refractivity contribution in [2.24, 2.45) is 0 Å². The maximum absolute atomic E-state index is 10.8. The van der Waals surface area contributed by atoms with E-state index >= 15 is 0 Å². The quantitative estimate of drug-likeness (QED) is 0.252. The normalized spacial score (nSPS) is 14.6. The molecule has 0 amide bonds. The minimum atomic E-state index is -5.01. The zero-order valence-corrected chi connectivity index (χ0v) is 8.79. The van der Waals surface area contributed by atoms with Gasteiger partial charge in [-0.3, -0.25) is 19.8 Å². The highest BCUT2D eigenvalue weighted by molar-refractivity contribution is 7.72. The lowest BCUT2D eigenvalue weighted by Crippen LogP contribution is -2.52. The molecule has 0 aromatic rings. The van der Waals surface area contributed by atoms with Crippen LogP contribution in [-0.2, 0) is 9.13 Å². The van der Waals surface area contributed by atoms with Crippen LogP contribution in [0.15, 0.2) is 0 Å². The molecule has 0 aliphatic rings. The van der Waals surface area contributed by atoms with E-state index < -0.39 is 20.3 Å². The summed E-state index contributed by atoms with van der Waals surface area (Å²) in [7, 11) is -7.95. The fourth-order valence-electron chi connectivity index (χ4n) is 0.877. The first kappa shape index (κ1) is 13.2. The molecule has 0 bridgehead atoms. The molecule has 0 aromatic heterocycles.